The van der Waals surface area contributed by atoms with Gasteiger partial charge < -0.3 is 10.1 Å². The average molecular weight is 281 g/mol. The third-order valence-corrected chi connectivity index (χ3v) is 4.32. The summed E-state index contributed by atoms with van der Waals surface area (Å²) in [7, 11) is 0. The van der Waals surface area contributed by atoms with Gasteiger partial charge in [0.1, 0.15) is 11.5 Å². The van der Waals surface area contributed by atoms with E-state index in [4.69, 9.17) is 4.74 Å². The monoisotopic (exact) mass is 281 g/mol. The van der Waals surface area contributed by atoms with Crippen LogP contribution in [0.4, 0.5) is 0 Å². The van der Waals surface area contributed by atoms with Gasteiger partial charge in [0, 0.05) is 13.1 Å². The zero-order chi connectivity index (χ0) is 14.5. The van der Waals surface area contributed by atoms with Gasteiger partial charge in [-0.05, 0) is 48.1 Å². The molecule has 110 valence electrons. The number of rotatable bonds is 6. The normalized spacial score (nSPS) is 16.2. The molecule has 1 aliphatic carbocycles. The van der Waals surface area contributed by atoms with Crippen LogP contribution in [0.1, 0.15) is 31.7 Å². The summed E-state index contributed by atoms with van der Waals surface area (Å²) in [6.45, 7) is 4.39. The largest absolute Gasteiger partial charge is 0.457 e. The van der Waals surface area contributed by atoms with Crippen LogP contribution in [-0.2, 0) is 6.54 Å². The molecule has 21 heavy (non-hydrogen) atoms. The molecule has 3 rings (SSSR count). The highest BCUT2D eigenvalue weighted by Crippen LogP contribution is 2.39. The fraction of sp³-hybridized carbons (Fsp3) is 0.368. The van der Waals surface area contributed by atoms with Crippen LogP contribution in [0, 0.1) is 5.41 Å². The van der Waals surface area contributed by atoms with Crippen molar-refractivity contribution in [1.82, 2.24) is 5.32 Å². The van der Waals surface area contributed by atoms with Gasteiger partial charge in [-0.25, -0.2) is 0 Å². The van der Waals surface area contributed by atoms with Crippen molar-refractivity contribution in [3.05, 3.63) is 60.2 Å². The van der Waals surface area contributed by atoms with Crippen molar-refractivity contribution in [3.63, 3.8) is 0 Å². The summed E-state index contributed by atoms with van der Waals surface area (Å²) in [5, 5.41) is 3.58. The van der Waals surface area contributed by atoms with Gasteiger partial charge in [0.25, 0.3) is 0 Å². The molecule has 0 radical (unpaired) electrons. The lowest BCUT2D eigenvalue weighted by Gasteiger charge is -2.38. The first-order valence-electron chi connectivity index (χ1n) is 7.76. The van der Waals surface area contributed by atoms with Gasteiger partial charge in [-0.1, -0.05) is 43.7 Å². The van der Waals surface area contributed by atoms with E-state index < -0.39 is 0 Å². The molecule has 2 aromatic rings. The number of hydrogen-bond acceptors (Lipinski definition) is 2. The van der Waals surface area contributed by atoms with Gasteiger partial charge in [-0.3, -0.25) is 0 Å². The summed E-state index contributed by atoms with van der Waals surface area (Å²) in [5.41, 5.74) is 1.80. The Morgan fingerprint density at radius 2 is 1.76 bits per heavy atom. The number of para-hydroxylation sites is 1. The molecule has 2 heteroatoms. The SMILES string of the molecule is CC1(CNCc2cccc(Oc3ccccc3)c2)CCC1. The smallest absolute Gasteiger partial charge is 0.127 e. The van der Waals surface area contributed by atoms with Crippen molar-refractivity contribution in [1.29, 1.82) is 0 Å². The van der Waals surface area contributed by atoms with E-state index in [0.29, 0.717) is 5.41 Å². The van der Waals surface area contributed by atoms with Crippen molar-refractivity contribution in [3.8, 4) is 11.5 Å². The molecule has 2 aromatic carbocycles. The summed E-state index contributed by atoms with van der Waals surface area (Å²) in [4.78, 5) is 0. The molecule has 0 heterocycles. The standard InChI is InChI=1S/C19H23NO/c1-19(11-6-12-19)15-20-14-16-7-5-10-18(13-16)21-17-8-3-2-4-9-17/h2-5,7-10,13,20H,6,11-12,14-15H2,1H3. The van der Waals surface area contributed by atoms with Gasteiger partial charge in [0.2, 0.25) is 0 Å². The summed E-state index contributed by atoms with van der Waals surface area (Å²) in [6, 6.07) is 18.2. The van der Waals surface area contributed by atoms with Crippen LogP contribution in [0.15, 0.2) is 54.6 Å². The van der Waals surface area contributed by atoms with Crippen LogP contribution in [0.2, 0.25) is 0 Å². The number of benzene rings is 2. The van der Waals surface area contributed by atoms with E-state index in [2.05, 4.69) is 30.4 Å². The van der Waals surface area contributed by atoms with Gasteiger partial charge >= 0.3 is 0 Å². The highest BCUT2D eigenvalue weighted by molar-refractivity contribution is 5.33. The number of ether oxygens (including phenoxy) is 1. The maximum Gasteiger partial charge on any atom is 0.127 e. The molecule has 2 nitrogen and oxygen atoms in total. The quantitative estimate of drug-likeness (QED) is 0.824. The minimum absolute atomic E-state index is 0.526. The van der Waals surface area contributed by atoms with Crippen LogP contribution < -0.4 is 10.1 Å². The maximum atomic E-state index is 5.87. The Hall–Kier alpha value is -1.80. The summed E-state index contributed by atoms with van der Waals surface area (Å²) < 4.78 is 5.87. The van der Waals surface area contributed by atoms with Gasteiger partial charge in [0.05, 0.1) is 0 Å². The molecule has 0 atom stereocenters. The zero-order valence-electron chi connectivity index (χ0n) is 12.6. The zero-order valence-corrected chi connectivity index (χ0v) is 12.6. The molecular weight excluding hydrogens is 258 g/mol. The van der Waals surface area contributed by atoms with Gasteiger partial charge in [-0.15, -0.1) is 0 Å². The lowest BCUT2D eigenvalue weighted by molar-refractivity contribution is 0.156. The Balaban J connectivity index is 1.55. The van der Waals surface area contributed by atoms with E-state index in [9.17, 15) is 0 Å². The van der Waals surface area contributed by atoms with Gasteiger partial charge in [-0.2, -0.15) is 0 Å². The fourth-order valence-corrected chi connectivity index (χ4v) is 2.81. The van der Waals surface area contributed by atoms with Crippen molar-refractivity contribution >= 4 is 0 Å². The molecule has 0 spiro atoms. The second kappa shape index (κ2) is 6.31. The number of hydrogen-bond donors (Lipinski definition) is 1. The molecule has 0 bridgehead atoms. The Morgan fingerprint density at radius 3 is 2.48 bits per heavy atom. The Morgan fingerprint density at radius 1 is 1.00 bits per heavy atom. The predicted molar refractivity (Wildman–Crippen MR) is 86.6 cm³/mol. The van der Waals surface area contributed by atoms with Crippen LogP contribution >= 0.6 is 0 Å². The van der Waals surface area contributed by atoms with E-state index in [1.165, 1.54) is 24.8 Å². The molecular formula is C19H23NO. The van der Waals surface area contributed by atoms with E-state index in [0.717, 1.165) is 24.6 Å². The second-order valence-corrected chi connectivity index (χ2v) is 6.33. The highest BCUT2D eigenvalue weighted by atomic mass is 16.5. The van der Waals surface area contributed by atoms with Crippen LogP contribution in [0.3, 0.4) is 0 Å². The lowest BCUT2D eigenvalue weighted by Crippen LogP contribution is -2.36. The van der Waals surface area contributed by atoms with Crippen molar-refractivity contribution < 1.29 is 4.74 Å². The summed E-state index contributed by atoms with van der Waals surface area (Å²) >= 11 is 0. The summed E-state index contributed by atoms with van der Waals surface area (Å²) in [5.74, 6) is 1.78. The first-order chi connectivity index (χ1) is 10.2. The minimum Gasteiger partial charge on any atom is -0.457 e. The van der Waals surface area contributed by atoms with Crippen molar-refractivity contribution in [2.45, 2.75) is 32.7 Å². The molecule has 0 saturated heterocycles. The topological polar surface area (TPSA) is 21.3 Å². The molecule has 0 aromatic heterocycles. The molecule has 1 fully saturated rings. The summed E-state index contributed by atoms with van der Waals surface area (Å²) in [6.07, 6.45) is 4.10. The third kappa shape index (κ3) is 3.85. The maximum absolute atomic E-state index is 5.87. The molecule has 1 N–H and O–H groups in total. The van der Waals surface area contributed by atoms with Crippen LogP contribution in [0.5, 0.6) is 11.5 Å². The van der Waals surface area contributed by atoms with E-state index in [1.807, 2.05) is 36.4 Å². The Labute approximate surface area is 127 Å². The van der Waals surface area contributed by atoms with E-state index in [1.54, 1.807) is 0 Å². The van der Waals surface area contributed by atoms with Crippen LogP contribution in [-0.4, -0.2) is 6.54 Å². The average Bonchev–Trinajstić information content (AvgIpc) is 2.47. The Bertz CT molecular complexity index is 575. The Kier molecular flexibility index (Phi) is 4.26. The number of nitrogens with one attached hydrogen (secondary N) is 1. The first-order valence-corrected chi connectivity index (χ1v) is 7.76. The minimum atomic E-state index is 0.526. The molecule has 0 unspecified atom stereocenters. The molecule has 0 aliphatic heterocycles. The van der Waals surface area contributed by atoms with E-state index in [-0.39, 0.29) is 0 Å². The van der Waals surface area contributed by atoms with E-state index >= 15 is 0 Å². The lowest BCUT2D eigenvalue weighted by atomic mass is 9.70. The molecule has 1 aliphatic rings. The molecule has 0 amide bonds. The predicted octanol–water partition coefficient (Wildman–Crippen LogP) is 4.76. The van der Waals surface area contributed by atoms with Crippen molar-refractivity contribution in [2.75, 3.05) is 6.54 Å². The third-order valence-electron chi connectivity index (χ3n) is 4.32. The fourth-order valence-electron chi connectivity index (χ4n) is 2.81. The highest BCUT2D eigenvalue weighted by Gasteiger charge is 2.30. The molecule has 1 saturated carbocycles. The van der Waals surface area contributed by atoms with Crippen molar-refractivity contribution in [2.24, 2.45) is 5.41 Å². The first kappa shape index (κ1) is 14.2. The van der Waals surface area contributed by atoms with Crippen LogP contribution in [0.25, 0.3) is 0 Å². The second-order valence-electron chi connectivity index (χ2n) is 6.33. The van der Waals surface area contributed by atoms with Gasteiger partial charge in [0.15, 0.2) is 0 Å².